The van der Waals surface area contributed by atoms with E-state index in [-0.39, 0.29) is 5.75 Å². The lowest BCUT2D eigenvalue weighted by molar-refractivity contribution is -0.146. The van der Waals surface area contributed by atoms with E-state index in [0.29, 0.717) is 11.9 Å². The minimum Gasteiger partial charge on any atom is -0.481 e. The monoisotopic (exact) mass is 244 g/mol. The summed E-state index contributed by atoms with van der Waals surface area (Å²) in [6.07, 6.45) is 0. The second-order valence-corrected chi connectivity index (χ2v) is 4.45. The summed E-state index contributed by atoms with van der Waals surface area (Å²) < 4.78 is 8.38. The van der Waals surface area contributed by atoms with Crippen LogP contribution in [0, 0.1) is 11.3 Å². The normalized spacial score (nSPS) is 11.8. The zero-order valence-corrected chi connectivity index (χ0v) is 10.00. The maximum Gasteiger partial charge on any atom is 0.369 e. The van der Waals surface area contributed by atoms with Gasteiger partial charge in [-0.1, -0.05) is 0 Å². The summed E-state index contributed by atoms with van der Waals surface area (Å²) in [6, 6.07) is 1.56. The van der Waals surface area contributed by atoms with E-state index in [9.17, 15) is 9.59 Å². The third-order valence-corrected chi connectivity index (χ3v) is 1.73. The molecule has 0 aromatic heterocycles. The predicted molar refractivity (Wildman–Crippen MR) is 59.0 cm³/mol. The smallest absolute Gasteiger partial charge is 0.369 e. The fourth-order valence-corrected chi connectivity index (χ4v) is 1.00. The summed E-state index contributed by atoms with van der Waals surface area (Å²) in [5.74, 6) is -2.24. The molecule has 0 aliphatic rings. The zero-order valence-electron chi connectivity index (χ0n) is 9.18. The van der Waals surface area contributed by atoms with Crippen LogP contribution in [-0.4, -0.2) is 34.1 Å². The molecule has 1 N–H and O–H groups in total. The van der Waals surface area contributed by atoms with Gasteiger partial charge in [-0.05, 0) is 32.7 Å². The first kappa shape index (κ1) is 14.5. The second-order valence-electron chi connectivity index (χ2n) is 3.72. The summed E-state index contributed by atoms with van der Waals surface area (Å²) in [6.45, 7) is 4.97. The summed E-state index contributed by atoms with van der Waals surface area (Å²) in [5.41, 5.74) is -1.16. The molecule has 0 amide bonds. The van der Waals surface area contributed by atoms with Crippen LogP contribution in [-0.2, 0) is 14.3 Å². The van der Waals surface area contributed by atoms with Crippen LogP contribution in [0.3, 0.4) is 0 Å². The van der Waals surface area contributed by atoms with Crippen LogP contribution >= 0.6 is 11.9 Å². The van der Waals surface area contributed by atoms with Crippen LogP contribution in [0.1, 0.15) is 20.8 Å². The molecule has 0 radical (unpaired) electrons. The van der Waals surface area contributed by atoms with E-state index in [0.717, 1.165) is 0 Å². The first-order chi connectivity index (χ1) is 7.26. The fraction of sp³-hybridized carbons (Fsp3) is 0.556. The number of ether oxygens (including phenoxy) is 1. The van der Waals surface area contributed by atoms with E-state index >= 15 is 0 Å². The lowest BCUT2D eigenvalue weighted by Gasteiger charge is -2.18. The van der Waals surface area contributed by atoms with Gasteiger partial charge in [0.05, 0.1) is 0 Å². The average Bonchev–Trinajstić information content (AvgIpc) is 2.08. The van der Waals surface area contributed by atoms with Crippen molar-refractivity contribution in [1.82, 2.24) is 0 Å². The standard InChI is InChI=1S/C9H12N2O4S/c1-9(2,3)15-8(14)6(4-10)11-16-5-7(12)13/h5H2,1-3H3,(H,12,13). The van der Waals surface area contributed by atoms with Gasteiger partial charge in [0.25, 0.3) is 0 Å². The highest BCUT2D eigenvalue weighted by Crippen LogP contribution is 2.09. The Bertz CT molecular complexity index is 352. The van der Waals surface area contributed by atoms with Gasteiger partial charge in [-0.15, -0.1) is 0 Å². The highest BCUT2D eigenvalue weighted by Gasteiger charge is 2.21. The molecule has 6 nitrogen and oxygen atoms in total. The minimum atomic E-state index is -1.07. The highest BCUT2D eigenvalue weighted by atomic mass is 32.2. The molecular weight excluding hydrogens is 232 g/mol. The van der Waals surface area contributed by atoms with Crippen molar-refractivity contribution in [2.24, 2.45) is 4.40 Å². The Balaban J connectivity index is 4.45. The molecule has 0 spiro atoms. The van der Waals surface area contributed by atoms with Crippen molar-refractivity contribution in [3.8, 4) is 6.07 Å². The number of rotatable bonds is 4. The molecule has 0 saturated carbocycles. The number of nitrogens with zero attached hydrogens (tertiary/aromatic N) is 2. The summed E-state index contributed by atoms with van der Waals surface area (Å²) >= 11 is 0.613. The maximum absolute atomic E-state index is 11.3. The van der Waals surface area contributed by atoms with Gasteiger partial charge in [0.15, 0.2) is 0 Å². The van der Waals surface area contributed by atoms with Crippen LogP contribution in [0.15, 0.2) is 4.40 Å². The Labute approximate surface area is 97.4 Å². The third kappa shape index (κ3) is 6.84. The average molecular weight is 244 g/mol. The van der Waals surface area contributed by atoms with E-state index < -0.39 is 23.3 Å². The second kappa shape index (κ2) is 6.12. The van der Waals surface area contributed by atoms with Gasteiger partial charge in [0.2, 0.25) is 5.71 Å². The maximum atomic E-state index is 11.3. The van der Waals surface area contributed by atoms with Crippen molar-refractivity contribution in [2.75, 3.05) is 5.75 Å². The largest absolute Gasteiger partial charge is 0.481 e. The van der Waals surface area contributed by atoms with Crippen molar-refractivity contribution < 1.29 is 19.4 Å². The molecular formula is C9H12N2O4S. The van der Waals surface area contributed by atoms with Crippen molar-refractivity contribution in [2.45, 2.75) is 26.4 Å². The lowest BCUT2D eigenvalue weighted by atomic mass is 10.2. The van der Waals surface area contributed by atoms with E-state index in [1.54, 1.807) is 26.8 Å². The van der Waals surface area contributed by atoms with Crippen molar-refractivity contribution in [1.29, 1.82) is 5.26 Å². The van der Waals surface area contributed by atoms with Gasteiger partial charge in [-0.3, -0.25) is 4.79 Å². The molecule has 0 saturated heterocycles. The topological polar surface area (TPSA) is 99.8 Å². The number of hydrogen-bond donors (Lipinski definition) is 1. The van der Waals surface area contributed by atoms with Gasteiger partial charge >= 0.3 is 11.9 Å². The van der Waals surface area contributed by atoms with Crippen molar-refractivity contribution in [3.63, 3.8) is 0 Å². The van der Waals surface area contributed by atoms with E-state index in [2.05, 4.69) is 4.40 Å². The summed E-state index contributed by atoms with van der Waals surface area (Å²) in [7, 11) is 0. The van der Waals surface area contributed by atoms with Gasteiger partial charge in [0, 0.05) is 0 Å². The van der Waals surface area contributed by atoms with Crippen molar-refractivity contribution in [3.05, 3.63) is 0 Å². The van der Waals surface area contributed by atoms with E-state index in [1.807, 2.05) is 0 Å². The molecule has 0 atom stereocenters. The van der Waals surface area contributed by atoms with Crippen LogP contribution in [0.25, 0.3) is 0 Å². The highest BCUT2D eigenvalue weighted by molar-refractivity contribution is 7.98. The lowest BCUT2D eigenvalue weighted by Crippen LogP contribution is -2.28. The first-order valence-electron chi connectivity index (χ1n) is 4.31. The Morgan fingerprint density at radius 3 is 2.44 bits per heavy atom. The molecule has 0 aliphatic carbocycles. The first-order valence-corrected chi connectivity index (χ1v) is 5.25. The number of carbonyl (C=O) groups excluding carboxylic acids is 1. The predicted octanol–water partition coefficient (Wildman–Crippen LogP) is 1.03. The zero-order chi connectivity index (χ0) is 12.8. The number of hydrogen-bond acceptors (Lipinski definition) is 6. The Kier molecular flexibility index (Phi) is 5.53. The summed E-state index contributed by atoms with van der Waals surface area (Å²) in [4.78, 5) is 21.5. The van der Waals surface area contributed by atoms with Crippen molar-refractivity contribution >= 4 is 29.6 Å². The Morgan fingerprint density at radius 1 is 1.50 bits per heavy atom. The SMILES string of the molecule is CC(C)(C)OC(=O)C(C#N)=NSCC(=O)O. The van der Waals surface area contributed by atoms with Crippen LogP contribution in [0.5, 0.6) is 0 Å². The molecule has 0 heterocycles. The van der Waals surface area contributed by atoms with Gasteiger partial charge < -0.3 is 9.84 Å². The fourth-order valence-electron chi connectivity index (χ4n) is 0.582. The van der Waals surface area contributed by atoms with Crippen LogP contribution in [0.4, 0.5) is 0 Å². The van der Waals surface area contributed by atoms with Crippen LogP contribution < -0.4 is 0 Å². The molecule has 7 heteroatoms. The Morgan fingerprint density at radius 2 is 2.06 bits per heavy atom. The number of carboxylic acids is 1. The van der Waals surface area contributed by atoms with E-state index in [4.69, 9.17) is 15.1 Å². The van der Waals surface area contributed by atoms with Gasteiger partial charge in [0.1, 0.15) is 17.4 Å². The molecule has 0 aromatic carbocycles. The number of aliphatic carboxylic acids is 1. The summed E-state index contributed by atoms with van der Waals surface area (Å²) in [5, 5.41) is 17.0. The molecule has 0 fully saturated rings. The number of esters is 1. The Hall–Kier alpha value is -1.55. The molecule has 0 aliphatic heterocycles. The molecule has 16 heavy (non-hydrogen) atoms. The molecule has 88 valence electrons. The number of carbonyl (C=O) groups is 2. The van der Waals surface area contributed by atoms with Crippen LogP contribution in [0.2, 0.25) is 0 Å². The molecule has 0 unspecified atom stereocenters. The number of carboxylic acid groups (broad SMARTS) is 1. The third-order valence-electron chi connectivity index (χ3n) is 1.04. The van der Waals surface area contributed by atoms with Gasteiger partial charge in [-0.25, -0.2) is 4.79 Å². The van der Waals surface area contributed by atoms with E-state index in [1.165, 1.54) is 0 Å². The quantitative estimate of drug-likeness (QED) is 0.450. The van der Waals surface area contributed by atoms with Gasteiger partial charge in [-0.2, -0.15) is 9.66 Å². The molecule has 0 aromatic rings. The molecule has 0 bridgehead atoms. The number of nitriles is 1. The molecule has 0 rings (SSSR count). The minimum absolute atomic E-state index is 0.312.